The molecule has 7 heteroatoms. The van der Waals surface area contributed by atoms with Gasteiger partial charge in [0.25, 0.3) is 5.91 Å². The maximum absolute atomic E-state index is 14.7. The van der Waals surface area contributed by atoms with Gasteiger partial charge in [0.05, 0.1) is 4.47 Å². The molecule has 0 heterocycles. The normalized spacial score (nSPS) is 12.5. The number of carbonyl (C=O) groups excluding carboxylic acids is 2. The number of carbonyl (C=O) groups is 2. The first kappa shape index (κ1) is 30.4. The van der Waals surface area contributed by atoms with Gasteiger partial charge in [0, 0.05) is 24.1 Å². The molecule has 0 aromatic heterocycles. The van der Waals surface area contributed by atoms with Crippen molar-refractivity contribution in [1.82, 2.24) is 10.2 Å². The number of halogens is 2. The highest BCUT2D eigenvalue weighted by molar-refractivity contribution is 9.10. The lowest BCUT2D eigenvalue weighted by Gasteiger charge is -2.34. The van der Waals surface area contributed by atoms with Crippen LogP contribution in [0.3, 0.4) is 0 Å². The van der Waals surface area contributed by atoms with Crippen molar-refractivity contribution in [2.45, 2.75) is 71.5 Å². The number of nitrogens with one attached hydrogen (secondary N) is 1. The smallest absolute Gasteiger partial charge is 0.261 e. The van der Waals surface area contributed by atoms with Crippen molar-refractivity contribution in [2.24, 2.45) is 0 Å². The van der Waals surface area contributed by atoms with Crippen LogP contribution in [0.2, 0.25) is 0 Å². The Morgan fingerprint density at radius 3 is 2.18 bits per heavy atom. The second-order valence-electron chi connectivity index (χ2n) is 11.7. The van der Waals surface area contributed by atoms with Crippen LogP contribution in [0, 0.1) is 5.82 Å². The highest BCUT2D eigenvalue weighted by atomic mass is 79.9. The average molecular weight is 598 g/mol. The van der Waals surface area contributed by atoms with Crippen molar-refractivity contribution in [2.75, 3.05) is 6.61 Å². The quantitative estimate of drug-likeness (QED) is 0.295. The minimum atomic E-state index is -0.881. The molecular weight excluding hydrogens is 559 g/mol. The van der Waals surface area contributed by atoms with E-state index in [1.807, 2.05) is 69.3 Å². The minimum Gasteiger partial charge on any atom is -0.483 e. The summed E-state index contributed by atoms with van der Waals surface area (Å²) < 4.78 is 21.4. The molecule has 208 valence electrons. The molecular formula is C32H38BrFN2O3. The van der Waals surface area contributed by atoms with E-state index in [9.17, 15) is 14.0 Å². The van der Waals surface area contributed by atoms with Gasteiger partial charge in [0.2, 0.25) is 5.91 Å². The summed E-state index contributed by atoms with van der Waals surface area (Å²) in [4.78, 5) is 28.8. The molecule has 2 amide bonds. The van der Waals surface area contributed by atoms with Crippen molar-refractivity contribution < 1.29 is 18.7 Å². The molecule has 0 spiro atoms. The van der Waals surface area contributed by atoms with E-state index in [2.05, 4.69) is 42.0 Å². The number of ether oxygens (including phenoxy) is 1. The van der Waals surface area contributed by atoms with E-state index in [-0.39, 0.29) is 30.9 Å². The molecule has 0 unspecified atom stereocenters. The zero-order chi connectivity index (χ0) is 28.8. The Balaban J connectivity index is 1.94. The van der Waals surface area contributed by atoms with E-state index in [4.69, 9.17) is 4.74 Å². The minimum absolute atomic E-state index is 0.0432. The fourth-order valence-electron chi connectivity index (χ4n) is 4.12. The summed E-state index contributed by atoms with van der Waals surface area (Å²) in [6.07, 6.45) is 0.271. The van der Waals surface area contributed by atoms with Crippen LogP contribution in [-0.4, -0.2) is 34.9 Å². The van der Waals surface area contributed by atoms with Gasteiger partial charge in [-0.15, -0.1) is 0 Å². The second kappa shape index (κ2) is 12.8. The third-order valence-corrected chi connectivity index (χ3v) is 6.84. The van der Waals surface area contributed by atoms with Crippen LogP contribution in [0.15, 0.2) is 77.3 Å². The maximum atomic E-state index is 14.7. The van der Waals surface area contributed by atoms with E-state index in [1.165, 1.54) is 11.0 Å². The SMILES string of the molecule is CC(C)(C)NC(=O)[C@H](Cc1ccccc1)N(Cc1ccccc1F)C(=O)COc1ccc(C(C)(C)C)cc1Br. The lowest BCUT2D eigenvalue weighted by Crippen LogP contribution is -2.55. The van der Waals surface area contributed by atoms with Gasteiger partial charge in [0.1, 0.15) is 17.6 Å². The number of amides is 2. The fourth-order valence-corrected chi connectivity index (χ4v) is 4.62. The van der Waals surface area contributed by atoms with Crippen molar-refractivity contribution in [3.05, 3.63) is 99.8 Å². The highest BCUT2D eigenvalue weighted by Crippen LogP contribution is 2.31. The summed E-state index contributed by atoms with van der Waals surface area (Å²) in [6.45, 7) is 11.6. The Hall–Kier alpha value is -3.19. The average Bonchev–Trinajstić information content (AvgIpc) is 2.85. The van der Waals surface area contributed by atoms with E-state index in [0.29, 0.717) is 11.3 Å². The van der Waals surface area contributed by atoms with E-state index < -0.39 is 23.3 Å². The molecule has 0 fully saturated rings. The molecule has 0 radical (unpaired) electrons. The number of nitrogens with zero attached hydrogens (tertiary/aromatic N) is 1. The van der Waals surface area contributed by atoms with Crippen LogP contribution in [0.4, 0.5) is 4.39 Å². The van der Waals surface area contributed by atoms with Crippen LogP contribution in [0.25, 0.3) is 0 Å². The van der Waals surface area contributed by atoms with Gasteiger partial charge in [0.15, 0.2) is 6.61 Å². The Morgan fingerprint density at radius 1 is 0.949 bits per heavy atom. The van der Waals surface area contributed by atoms with Crippen LogP contribution < -0.4 is 10.1 Å². The molecule has 0 aliphatic carbocycles. The summed E-state index contributed by atoms with van der Waals surface area (Å²) in [5.41, 5.74) is 1.77. The molecule has 3 aromatic rings. The molecule has 0 saturated carbocycles. The van der Waals surface area contributed by atoms with Gasteiger partial charge >= 0.3 is 0 Å². The number of hydrogen-bond donors (Lipinski definition) is 1. The first-order valence-electron chi connectivity index (χ1n) is 13.1. The predicted octanol–water partition coefficient (Wildman–Crippen LogP) is 6.82. The molecule has 3 aromatic carbocycles. The van der Waals surface area contributed by atoms with Gasteiger partial charge in [-0.2, -0.15) is 0 Å². The van der Waals surface area contributed by atoms with Gasteiger partial charge < -0.3 is 15.0 Å². The molecule has 39 heavy (non-hydrogen) atoms. The topological polar surface area (TPSA) is 58.6 Å². The van der Waals surface area contributed by atoms with Crippen molar-refractivity contribution in [3.8, 4) is 5.75 Å². The van der Waals surface area contributed by atoms with Crippen LogP contribution in [0.1, 0.15) is 58.2 Å². The third kappa shape index (κ3) is 8.92. The van der Waals surface area contributed by atoms with E-state index >= 15 is 0 Å². The van der Waals surface area contributed by atoms with Gasteiger partial charge in [-0.05, 0) is 71.4 Å². The molecule has 5 nitrogen and oxygen atoms in total. The maximum Gasteiger partial charge on any atom is 0.261 e. The molecule has 0 aliphatic heterocycles. The zero-order valence-corrected chi connectivity index (χ0v) is 25.1. The standard InChI is InChI=1S/C32H38BrFN2O3/c1-31(2,3)24-16-17-28(25(33)19-24)39-21-29(37)36(20-23-14-10-11-15-26(23)34)27(30(38)35-32(4,5)6)18-22-12-8-7-9-13-22/h7-17,19,27H,18,20-21H2,1-6H3,(H,35,38)/t27-/m0/s1. The monoisotopic (exact) mass is 596 g/mol. The first-order chi connectivity index (χ1) is 18.2. The summed E-state index contributed by atoms with van der Waals surface area (Å²) in [6, 6.07) is 20.7. The van der Waals surface area contributed by atoms with Crippen LogP contribution >= 0.6 is 15.9 Å². The summed E-state index contributed by atoms with van der Waals surface area (Å²) >= 11 is 3.56. The largest absolute Gasteiger partial charge is 0.483 e. The van der Waals surface area contributed by atoms with Crippen molar-refractivity contribution in [3.63, 3.8) is 0 Å². The molecule has 0 saturated heterocycles. The Morgan fingerprint density at radius 2 is 1.59 bits per heavy atom. The number of benzene rings is 3. The van der Waals surface area contributed by atoms with E-state index in [0.717, 1.165) is 15.6 Å². The van der Waals surface area contributed by atoms with Gasteiger partial charge in [-0.1, -0.05) is 75.4 Å². The molecule has 0 aliphatic rings. The van der Waals surface area contributed by atoms with Crippen molar-refractivity contribution in [1.29, 1.82) is 0 Å². The predicted molar refractivity (Wildman–Crippen MR) is 157 cm³/mol. The fraction of sp³-hybridized carbons (Fsp3) is 0.375. The van der Waals surface area contributed by atoms with Crippen LogP contribution in [0.5, 0.6) is 5.75 Å². The number of rotatable bonds is 9. The summed E-state index contributed by atoms with van der Waals surface area (Å²) in [5.74, 6) is -0.658. The molecule has 1 atom stereocenters. The van der Waals surface area contributed by atoms with Gasteiger partial charge in [-0.3, -0.25) is 9.59 Å². The Labute approximate surface area is 239 Å². The first-order valence-corrected chi connectivity index (χ1v) is 13.9. The lowest BCUT2D eigenvalue weighted by atomic mass is 9.87. The molecule has 3 rings (SSSR count). The zero-order valence-electron chi connectivity index (χ0n) is 23.6. The van der Waals surface area contributed by atoms with Crippen molar-refractivity contribution >= 4 is 27.7 Å². The molecule has 1 N–H and O–H groups in total. The van der Waals surface area contributed by atoms with E-state index in [1.54, 1.807) is 18.2 Å². The summed E-state index contributed by atoms with van der Waals surface area (Å²) in [7, 11) is 0. The van der Waals surface area contributed by atoms with Gasteiger partial charge in [-0.25, -0.2) is 4.39 Å². The number of hydrogen-bond acceptors (Lipinski definition) is 3. The summed E-state index contributed by atoms with van der Waals surface area (Å²) in [5, 5.41) is 3.00. The van der Waals surface area contributed by atoms with Crippen LogP contribution in [-0.2, 0) is 28.0 Å². The highest BCUT2D eigenvalue weighted by Gasteiger charge is 2.33. The molecule has 0 bridgehead atoms. The Kier molecular flexibility index (Phi) is 9.94. The third-order valence-electron chi connectivity index (χ3n) is 6.22. The Bertz CT molecular complexity index is 1280. The lowest BCUT2D eigenvalue weighted by molar-refractivity contribution is -0.143. The second-order valence-corrected chi connectivity index (χ2v) is 12.6.